The van der Waals surface area contributed by atoms with Crippen molar-refractivity contribution in [2.24, 2.45) is 0 Å². The van der Waals surface area contributed by atoms with Gasteiger partial charge in [0.2, 0.25) is 0 Å². The van der Waals surface area contributed by atoms with Crippen molar-refractivity contribution in [2.45, 2.75) is 64.3 Å². The van der Waals surface area contributed by atoms with E-state index in [1.807, 2.05) is 22.4 Å². The highest BCUT2D eigenvalue weighted by atomic mass is 19.2. The molecule has 0 amide bonds. The predicted molar refractivity (Wildman–Crippen MR) is 134 cm³/mol. The van der Waals surface area contributed by atoms with E-state index in [0.29, 0.717) is 6.42 Å². The van der Waals surface area contributed by atoms with Crippen molar-refractivity contribution in [3.05, 3.63) is 89.0 Å². The summed E-state index contributed by atoms with van der Waals surface area (Å²) in [5.74, 6) is 0.902. The van der Waals surface area contributed by atoms with Crippen LogP contribution in [0.3, 0.4) is 0 Å². The zero-order chi connectivity index (χ0) is 25.2. The molecule has 6 nitrogen and oxygen atoms in total. The molecule has 1 aliphatic heterocycles. The van der Waals surface area contributed by atoms with Gasteiger partial charge in [0.25, 0.3) is 0 Å². The van der Waals surface area contributed by atoms with Crippen LogP contribution in [0.5, 0.6) is 5.75 Å². The average Bonchev–Trinajstić information content (AvgIpc) is 3.50. The van der Waals surface area contributed by atoms with E-state index in [9.17, 15) is 8.78 Å². The number of imidazole rings is 1. The molecule has 8 heteroatoms. The molecule has 5 rings (SSSR count). The van der Waals surface area contributed by atoms with Gasteiger partial charge in [0, 0.05) is 25.1 Å². The zero-order valence-corrected chi connectivity index (χ0v) is 20.9. The van der Waals surface area contributed by atoms with Gasteiger partial charge in [-0.15, -0.1) is 0 Å². The summed E-state index contributed by atoms with van der Waals surface area (Å²) < 4.78 is 37.1. The van der Waals surface area contributed by atoms with Gasteiger partial charge in [-0.25, -0.2) is 23.4 Å². The third-order valence-corrected chi connectivity index (χ3v) is 7.00. The van der Waals surface area contributed by atoms with Crippen molar-refractivity contribution in [1.29, 1.82) is 0 Å². The van der Waals surface area contributed by atoms with Crippen LogP contribution in [-0.2, 0) is 13.0 Å². The zero-order valence-electron chi connectivity index (χ0n) is 20.9. The lowest BCUT2D eigenvalue weighted by molar-refractivity contribution is 0.411. The highest BCUT2D eigenvalue weighted by Crippen LogP contribution is 2.35. The molecular formula is C28H31F2N5O. The number of hydrogen-bond acceptors (Lipinski definition) is 4. The van der Waals surface area contributed by atoms with E-state index in [0.717, 1.165) is 66.6 Å². The first-order valence-electron chi connectivity index (χ1n) is 12.5. The van der Waals surface area contributed by atoms with Gasteiger partial charge >= 0.3 is 0 Å². The fourth-order valence-electron chi connectivity index (χ4n) is 5.20. The van der Waals surface area contributed by atoms with Crippen molar-refractivity contribution < 1.29 is 13.5 Å². The molecule has 0 N–H and O–H groups in total. The van der Waals surface area contributed by atoms with Gasteiger partial charge in [0.05, 0.1) is 24.8 Å². The summed E-state index contributed by atoms with van der Waals surface area (Å²) in [4.78, 5) is 9.24. The van der Waals surface area contributed by atoms with E-state index in [4.69, 9.17) is 14.8 Å². The first-order chi connectivity index (χ1) is 17.5. The van der Waals surface area contributed by atoms with Gasteiger partial charge in [-0.1, -0.05) is 25.5 Å². The Kier molecular flexibility index (Phi) is 6.85. The van der Waals surface area contributed by atoms with E-state index in [1.165, 1.54) is 17.7 Å². The molecule has 36 heavy (non-hydrogen) atoms. The maximum atomic E-state index is 13.9. The van der Waals surface area contributed by atoms with Crippen molar-refractivity contribution in [2.75, 3.05) is 7.11 Å². The highest BCUT2D eigenvalue weighted by Gasteiger charge is 2.27. The summed E-state index contributed by atoms with van der Waals surface area (Å²) in [5.41, 5.74) is 3.82. The number of aromatic nitrogens is 5. The molecule has 0 saturated carbocycles. The minimum Gasteiger partial charge on any atom is -0.495 e. The molecule has 0 saturated heterocycles. The molecule has 3 heterocycles. The lowest BCUT2D eigenvalue weighted by Crippen LogP contribution is -2.18. The third-order valence-electron chi connectivity index (χ3n) is 7.00. The number of fused-ring (bicyclic) bond motifs is 1. The molecule has 188 valence electrons. The Morgan fingerprint density at radius 3 is 2.72 bits per heavy atom. The normalized spacial score (nSPS) is 16.1. The minimum atomic E-state index is -0.830. The van der Waals surface area contributed by atoms with Gasteiger partial charge < -0.3 is 9.30 Å². The molecule has 1 aliphatic rings. The number of methoxy groups -OCH3 is 1. The van der Waals surface area contributed by atoms with Gasteiger partial charge in [-0.2, -0.15) is 5.10 Å². The SMILES string of the molecule is CCCC(Cc1nc2n(n1)CCCC2c1ccc(F)c(F)c1)c1ccc(-n2cnc(C)c2)c(OC)c1. The van der Waals surface area contributed by atoms with Crippen LogP contribution in [-0.4, -0.2) is 31.4 Å². The Hall–Kier alpha value is -3.55. The van der Waals surface area contributed by atoms with Crippen LogP contribution in [0.1, 0.15) is 72.9 Å². The molecule has 0 spiro atoms. The van der Waals surface area contributed by atoms with E-state index in [2.05, 4.69) is 30.1 Å². The first-order valence-corrected chi connectivity index (χ1v) is 12.5. The lowest BCUT2D eigenvalue weighted by atomic mass is 9.90. The summed E-state index contributed by atoms with van der Waals surface area (Å²) in [7, 11) is 1.69. The maximum absolute atomic E-state index is 13.9. The number of nitrogens with zero attached hydrogens (tertiary/aromatic N) is 5. The standard InChI is InChI=1S/C28H31F2N5O/c1-4-6-19(20-9-11-25(26(14-20)36-3)34-16-18(2)31-17-34)15-27-32-28-22(7-5-12-35(28)33-27)21-8-10-23(29)24(30)13-21/h8-11,13-14,16-17,19,22H,4-7,12,15H2,1-3H3. The molecular weight excluding hydrogens is 460 g/mol. The van der Waals surface area contributed by atoms with Crippen LogP contribution in [0.25, 0.3) is 5.69 Å². The Labute approximate surface area is 210 Å². The second-order valence-electron chi connectivity index (χ2n) is 9.52. The van der Waals surface area contributed by atoms with Gasteiger partial charge in [0.1, 0.15) is 11.6 Å². The van der Waals surface area contributed by atoms with Crippen molar-refractivity contribution in [3.63, 3.8) is 0 Å². The van der Waals surface area contributed by atoms with Crippen LogP contribution in [0, 0.1) is 18.6 Å². The van der Waals surface area contributed by atoms with Crippen molar-refractivity contribution in [1.82, 2.24) is 24.3 Å². The highest BCUT2D eigenvalue weighted by molar-refractivity contribution is 5.50. The molecule has 2 aromatic carbocycles. The second-order valence-corrected chi connectivity index (χ2v) is 9.52. The summed E-state index contributed by atoms with van der Waals surface area (Å²) in [6.07, 6.45) is 8.25. The van der Waals surface area contributed by atoms with Crippen LogP contribution >= 0.6 is 0 Å². The second kappa shape index (κ2) is 10.2. The number of aryl methyl sites for hydroxylation is 2. The largest absolute Gasteiger partial charge is 0.495 e. The van der Waals surface area contributed by atoms with Crippen LogP contribution in [0.15, 0.2) is 48.9 Å². The van der Waals surface area contributed by atoms with Gasteiger partial charge in [-0.05, 0) is 67.5 Å². The Morgan fingerprint density at radius 1 is 1.14 bits per heavy atom. The summed E-state index contributed by atoms with van der Waals surface area (Å²) in [5, 5.41) is 4.82. The Bertz CT molecular complexity index is 1360. The fraction of sp³-hybridized carbons (Fsp3) is 0.393. The van der Waals surface area contributed by atoms with Crippen LogP contribution in [0.2, 0.25) is 0 Å². The number of benzene rings is 2. The minimum absolute atomic E-state index is 0.0854. The molecule has 0 radical (unpaired) electrons. The molecule has 2 aromatic heterocycles. The number of halogens is 2. The Balaban J connectivity index is 1.42. The topological polar surface area (TPSA) is 57.8 Å². The maximum Gasteiger partial charge on any atom is 0.159 e. The van der Waals surface area contributed by atoms with Crippen LogP contribution in [0.4, 0.5) is 8.78 Å². The van der Waals surface area contributed by atoms with Crippen molar-refractivity contribution in [3.8, 4) is 11.4 Å². The molecule has 0 bridgehead atoms. The predicted octanol–water partition coefficient (Wildman–Crippen LogP) is 6.11. The summed E-state index contributed by atoms with van der Waals surface area (Å²) in [6, 6.07) is 10.5. The average molecular weight is 492 g/mol. The quantitative estimate of drug-likeness (QED) is 0.298. The monoisotopic (exact) mass is 491 g/mol. The van der Waals surface area contributed by atoms with Gasteiger partial charge in [0.15, 0.2) is 17.5 Å². The van der Waals surface area contributed by atoms with Crippen LogP contribution < -0.4 is 4.74 Å². The number of ether oxygens (including phenoxy) is 1. The molecule has 0 aliphatic carbocycles. The summed E-state index contributed by atoms with van der Waals surface area (Å²) in [6.45, 7) is 4.93. The third kappa shape index (κ3) is 4.76. The number of hydrogen-bond donors (Lipinski definition) is 0. The summed E-state index contributed by atoms with van der Waals surface area (Å²) >= 11 is 0. The van der Waals surface area contributed by atoms with E-state index in [-0.39, 0.29) is 11.8 Å². The molecule has 4 aromatic rings. The van der Waals surface area contributed by atoms with E-state index < -0.39 is 11.6 Å². The van der Waals surface area contributed by atoms with E-state index >= 15 is 0 Å². The smallest absolute Gasteiger partial charge is 0.159 e. The van der Waals surface area contributed by atoms with Crippen molar-refractivity contribution >= 4 is 0 Å². The number of rotatable bonds is 8. The van der Waals surface area contributed by atoms with E-state index in [1.54, 1.807) is 19.5 Å². The first kappa shape index (κ1) is 24.2. The molecule has 0 fully saturated rings. The lowest BCUT2D eigenvalue weighted by Gasteiger charge is -2.22. The van der Waals surface area contributed by atoms with Gasteiger partial charge in [-0.3, -0.25) is 0 Å². The fourth-order valence-corrected chi connectivity index (χ4v) is 5.20. The Morgan fingerprint density at radius 2 is 2.00 bits per heavy atom. The molecule has 2 atom stereocenters. The molecule has 2 unspecified atom stereocenters.